The number of amides is 2. The minimum Gasteiger partial charge on any atom is -0.390 e. The summed E-state index contributed by atoms with van der Waals surface area (Å²) in [5, 5.41) is 29.9. The van der Waals surface area contributed by atoms with Gasteiger partial charge in [0, 0.05) is 25.7 Å². The molecule has 2 fully saturated rings. The van der Waals surface area contributed by atoms with Crippen LogP contribution in [-0.2, 0) is 9.59 Å². The molecule has 0 bridgehead atoms. The lowest BCUT2D eigenvalue weighted by Gasteiger charge is -2.41. The number of rotatable bonds is 6. The molecule has 1 aromatic carbocycles. The van der Waals surface area contributed by atoms with Crippen LogP contribution in [-0.4, -0.2) is 64.5 Å². The molecule has 9 heteroatoms. The van der Waals surface area contributed by atoms with E-state index in [4.69, 9.17) is 12.2 Å². The summed E-state index contributed by atoms with van der Waals surface area (Å²) in [5.41, 5.74) is 2.03. The van der Waals surface area contributed by atoms with Gasteiger partial charge in [-0.3, -0.25) is 9.59 Å². The number of nitrogens with one attached hydrogen (secondary N) is 3. The average molecular weight is 435 g/mol. The zero-order valence-corrected chi connectivity index (χ0v) is 18.3. The standard InChI is InChI=1S/C21H30N4O4S/c1-11(2)13-4-6-14(7-5-13)25-18-15(20(29)23-9-8-22-12(3)26)10-16(27)19(28)17(18)24-21(25)30/h4-7,11,15-19,27-28H,8-10H2,1-3H3,(H,22,26)(H,23,29)(H,24,30)/t15-,16-,17-,18+,19+/m1/s1. The van der Waals surface area contributed by atoms with E-state index in [1.54, 1.807) is 0 Å². The smallest absolute Gasteiger partial charge is 0.225 e. The Morgan fingerprint density at radius 2 is 1.83 bits per heavy atom. The van der Waals surface area contributed by atoms with E-state index in [1.807, 2.05) is 29.2 Å². The molecular formula is C21H30N4O4S. The SMILES string of the molecule is CC(=O)NCCNC(=O)[C@@H]1C[C@@H](O)[C@H](O)[C@@H]2NC(=S)N(c3ccc(C(C)C)cc3)[C@H]21. The number of thiocarbonyl (C=S) groups is 1. The minimum atomic E-state index is -1.03. The summed E-state index contributed by atoms with van der Waals surface area (Å²) in [5.74, 6) is -0.591. The maximum absolute atomic E-state index is 13.0. The zero-order chi connectivity index (χ0) is 22.0. The maximum atomic E-state index is 13.0. The molecule has 1 saturated carbocycles. The van der Waals surface area contributed by atoms with Crippen molar-refractivity contribution in [3.8, 4) is 0 Å². The van der Waals surface area contributed by atoms with Crippen molar-refractivity contribution >= 4 is 34.8 Å². The molecule has 0 aromatic heterocycles. The van der Waals surface area contributed by atoms with Crippen LogP contribution in [0, 0.1) is 5.92 Å². The van der Waals surface area contributed by atoms with E-state index in [1.165, 1.54) is 12.5 Å². The highest BCUT2D eigenvalue weighted by atomic mass is 32.1. The molecule has 8 nitrogen and oxygen atoms in total. The molecule has 3 rings (SSSR count). The van der Waals surface area contributed by atoms with E-state index in [9.17, 15) is 19.8 Å². The molecule has 0 unspecified atom stereocenters. The summed E-state index contributed by atoms with van der Waals surface area (Å²) in [6.45, 7) is 6.26. The summed E-state index contributed by atoms with van der Waals surface area (Å²) >= 11 is 5.53. The molecular weight excluding hydrogens is 404 g/mol. The van der Waals surface area contributed by atoms with Gasteiger partial charge in [-0.05, 0) is 42.3 Å². The van der Waals surface area contributed by atoms with Crippen LogP contribution in [0.25, 0.3) is 0 Å². The molecule has 1 aromatic rings. The van der Waals surface area contributed by atoms with Crippen molar-refractivity contribution in [1.82, 2.24) is 16.0 Å². The first-order chi connectivity index (χ1) is 14.2. The topological polar surface area (TPSA) is 114 Å². The summed E-state index contributed by atoms with van der Waals surface area (Å²) in [4.78, 5) is 25.8. The molecule has 0 spiro atoms. The Balaban J connectivity index is 1.83. The van der Waals surface area contributed by atoms with Crippen molar-refractivity contribution in [2.75, 3.05) is 18.0 Å². The lowest BCUT2D eigenvalue weighted by molar-refractivity contribution is -0.131. The second-order valence-electron chi connectivity index (χ2n) is 8.26. The van der Waals surface area contributed by atoms with Gasteiger partial charge in [0.05, 0.1) is 24.1 Å². The molecule has 1 aliphatic heterocycles. The van der Waals surface area contributed by atoms with Crippen molar-refractivity contribution in [2.45, 2.75) is 57.4 Å². The van der Waals surface area contributed by atoms with E-state index in [0.29, 0.717) is 17.6 Å². The van der Waals surface area contributed by atoms with Crippen LogP contribution in [0.1, 0.15) is 38.7 Å². The predicted molar refractivity (Wildman–Crippen MR) is 118 cm³/mol. The van der Waals surface area contributed by atoms with Gasteiger partial charge in [0.1, 0.15) is 6.10 Å². The molecule has 5 N–H and O–H groups in total. The van der Waals surface area contributed by atoms with Gasteiger partial charge in [-0.25, -0.2) is 0 Å². The van der Waals surface area contributed by atoms with Crippen LogP contribution in [0.3, 0.4) is 0 Å². The van der Waals surface area contributed by atoms with Crippen LogP contribution in [0.4, 0.5) is 5.69 Å². The fourth-order valence-electron chi connectivity index (χ4n) is 4.22. The third kappa shape index (κ3) is 4.58. The van der Waals surface area contributed by atoms with Crippen LogP contribution in [0.15, 0.2) is 24.3 Å². The molecule has 0 radical (unpaired) electrons. The number of fused-ring (bicyclic) bond motifs is 1. The van der Waals surface area contributed by atoms with Crippen LogP contribution >= 0.6 is 12.2 Å². The Hall–Kier alpha value is -2.23. The minimum absolute atomic E-state index is 0.124. The summed E-state index contributed by atoms with van der Waals surface area (Å²) < 4.78 is 0. The number of nitrogens with zero attached hydrogens (tertiary/aromatic N) is 1. The Kier molecular flexibility index (Phi) is 6.95. The molecule has 5 atom stereocenters. The monoisotopic (exact) mass is 434 g/mol. The highest BCUT2D eigenvalue weighted by Crippen LogP contribution is 2.37. The number of carbonyl (C=O) groups excluding carboxylic acids is 2. The Bertz CT molecular complexity index is 801. The quantitative estimate of drug-likeness (QED) is 0.322. The summed E-state index contributed by atoms with van der Waals surface area (Å²) in [6.07, 6.45) is -1.94. The Morgan fingerprint density at radius 3 is 2.43 bits per heavy atom. The Morgan fingerprint density at radius 1 is 1.20 bits per heavy atom. The van der Waals surface area contributed by atoms with E-state index in [2.05, 4.69) is 29.8 Å². The number of carbonyl (C=O) groups is 2. The second kappa shape index (κ2) is 9.28. The number of aliphatic hydroxyl groups is 2. The number of hydrogen-bond acceptors (Lipinski definition) is 5. The third-order valence-electron chi connectivity index (χ3n) is 5.82. The summed E-state index contributed by atoms with van der Waals surface area (Å²) in [7, 11) is 0. The van der Waals surface area contributed by atoms with Crippen molar-refractivity contribution in [3.05, 3.63) is 29.8 Å². The fraction of sp³-hybridized carbons (Fsp3) is 0.571. The van der Waals surface area contributed by atoms with E-state index >= 15 is 0 Å². The summed E-state index contributed by atoms with van der Waals surface area (Å²) in [6, 6.07) is 7.02. The highest BCUT2D eigenvalue weighted by Gasteiger charge is 2.53. The average Bonchev–Trinajstić information content (AvgIpc) is 3.05. The van der Waals surface area contributed by atoms with E-state index in [0.717, 1.165) is 5.69 Å². The number of hydrogen-bond donors (Lipinski definition) is 5. The molecule has 2 aliphatic rings. The van der Waals surface area contributed by atoms with Gasteiger partial charge in [0.25, 0.3) is 0 Å². The van der Waals surface area contributed by atoms with Crippen molar-refractivity contribution in [2.24, 2.45) is 5.92 Å². The maximum Gasteiger partial charge on any atom is 0.225 e. The number of aliphatic hydroxyl groups excluding tert-OH is 2. The molecule has 2 amide bonds. The second-order valence-corrected chi connectivity index (χ2v) is 8.64. The number of anilines is 1. The number of benzene rings is 1. The highest BCUT2D eigenvalue weighted by molar-refractivity contribution is 7.80. The van der Waals surface area contributed by atoms with Gasteiger partial charge in [-0.15, -0.1) is 0 Å². The molecule has 1 heterocycles. The van der Waals surface area contributed by atoms with Gasteiger partial charge >= 0.3 is 0 Å². The lowest BCUT2D eigenvalue weighted by atomic mass is 9.77. The van der Waals surface area contributed by atoms with E-state index in [-0.39, 0.29) is 24.8 Å². The largest absolute Gasteiger partial charge is 0.390 e. The van der Waals surface area contributed by atoms with E-state index < -0.39 is 30.2 Å². The Labute approximate surface area is 182 Å². The molecule has 1 saturated heterocycles. The van der Waals surface area contributed by atoms with Crippen LogP contribution < -0.4 is 20.9 Å². The lowest BCUT2D eigenvalue weighted by Crippen LogP contribution is -2.61. The fourth-order valence-corrected chi connectivity index (χ4v) is 4.58. The van der Waals surface area contributed by atoms with Gasteiger partial charge in [0.2, 0.25) is 11.8 Å². The molecule has 30 heavy (non-hydrogen) atoms. The van der Waals surface area contributed by atoms with Gasteiger partial charge in [-0.1, -0.05) is 26.0 Å². The van der Waals surface area contributed by atoms with Crippen LogP contribution in [0.2, 0.25) is 0 Å². The van der Waals surface area contributed by atoms with Crippen molar-refractivity contribution < 1.29 is 19.8 Å². The van der Waals surface area contributed by atoms with Crippen molar-refractivity contribution in [3.63, 3.8) is 0 Å². The molecule has 164 valence electrons. The van der Waals surface area contributed by atoms with Crippen LogP contribution in [0.5, 0.6) is 0 Å². The van der Waals surface area contributed by atoms with Gasteiger partial charge in [0.15, 0.2) is 5.11 Å². The first-order valence-corrected chi connectivity index (χ1v) is 10.7. The predicted octanol–water partition coefficient (Wildman–Crippen LogP) is 0.236. The van der Waals surface area contributed by atoms with Gasteiger partial charge in [-0.2, -0.15) is 0 Å². The first-order valence-electron chi connectivity index (χ1n) is 10.3. The van der Waals surface area contributed by atoms with Crippen molar-refractivity contribution in [1.29, 1.82) is 0 Å². The zero-order valence-electron chi connectivity index (χ0n) is 17.5. The first kappa shape index (κ1) is 22.5. The molecule has 1 aliphatic carbocycles. The normalized spacial score (nSPS) is 28.1. The van der Waals surface area contributed by atoms with Gasteiger partial charge < -0.3 is 31.1 Å². The third-order valence-corrected chi connectivity index (χ3v) is 6.13.